The zero-order valence-corrected chi connectivity index (χ0v) is 13.0. The molecule has 3 nitrogen and oxygen atoms in total. The molecule has 1 aliphatic rings. The Kier molecular flexibility index (Phi) is 4.71. The van der Waals surface area contributed by atoms with Crippen LogP contribution >= 0.6 is 0 Å². The molecule has 0 aliphatic carbocycles. The van der Waals surface area contributed by atoms with Gasteiger partial charge >= 0.3 is 0 Å². The molecule has 0 radical (unpaired) electrons. The van der Waals surface area contributed by atoms with E-state index in [0.717, 1.165) is 24.6 Å². The molecule has 1 aromatic carbocycles. The number of nitrogens with zero attached hydrogens (tertiary/aromatic N) is 1. The van der Waals surface area contributed by atoms with E-state index in [1.165, 1.54) is 12.8 Å². The number of rotatable bonds is 3. The van der Waals surface area contributed by atoms with Crippen LogP contribution < -0.4 is 5.73 Å². The number of aliphatic hydroxyl groups excluding tert-OH is 1. The largest absolute Gasteiger partial charge is 0.399 e. The highest BCUT2D eigenvalue weighted by Crippen LogP contribution is 2.34. The van der Waals surface area contributed by atoms with Crippen LogP contribution in [0.25, 0.3) is 0 Å². The van der Waals surface area contributed by atoms with E-state index in [9.17, 15) is 5.11 Å². The monoisotopic (exact) mass is 276 g/mol. The summed E-state index contributed by atoms with van der Waals surface area (Å²) in [5.74, 6) is 0.795. The Labute approximate surface area is 122 Å². The number of nitrogen functional groups attached to an aromatic ring is 1. The van der Waals surface area contributed by atoms with Crippen LogP contribution in [-0.2, 0) is 0 Å². The van der Waals surface area contributed by atoms with E-state index in [0.29, 0.717) is 17.6 Å². The molecule has 1 fully saturated rings. The summed E-state index contributed by atoms with van der Waals surface area (Å²) in [5, 5.41) is 10.3. The number of benzene rings is 1. The number of anilines is 1. The first-order valence-electron chi connectivity index (χ1n) is 7.62. The Balaban J connectivity index is 1.86. The molecule has 2 rings (SSSR count). The molecule has 1 heterocycles. The maximum Gasteiger partial charge on any atom is 0.0917 e. The van der Waals surface area contributed by atoms with Crippen LogP contribution in [0.4, 0.5) is 5.69 Å². The Morgan fingerprint density at radius 2 is 1.95 bits per heavy atom. The zero-order valence-electron chi connectivity index (χ0n) is 13.0. The molecule has 0 aromatic heterocycles. The maximum absolute atomic E-state index is 10.3. The molecule has 0 spiro atoms. The number of β-amino-alcohol motifs (C(OH)–C–C–N with tert-alkyl or cyclic N) is 1. The van der Waals surface area contributed by atoms with E-state index in [1.807, 2.05) is 24.3 Å². The lowest BCUT2D eigenvalue weighted by molar-refractivity contribution is 0.0653. The van der Waals surface area contributed by atoms with Gasteiger partial charge in [0.25, 0.3) is 0 Å². The van der Waals surface area contributed by atoms with Gasteiger partial charge in [-0.15, -0.1) is 0 Å². The lowest BCUT2D eigenvalue weighted by Gasteiger charge is -2.39. The SMILES string of the molecule is CC(C)(C)C1CCN(CC(O)c2cccc(N)c2)CC1. The summed E-state index contributed by atoms with van der Waals surface area (Å²) in [6.45, 7) is 9.86. The van der Waals surface area contributed by atoms with Crippen molar-refractivity contribution in [3.8, 4) is 0 Å². The van der Waals surface area contributed by atoms with Crippen molar-refractivity contribution in [2.24, 2.45) is 11.3 Å². The second kappa shape index (κ2) is 6.15. The summed E-state index contributed by atoms with van der Waals surface area (Å²) in [7, 11) is 0. The van der Waals surface area contributed by atoms with Crippen molar-refractivity contribution in [1.82, 2.24) is 4.90 Å². The average molecular weight is 276 g/mol. The standard InChI is InChI=1S/C17H28N2O/c1-17(2,3)14-7-9-19(10-8-14)12-16(20)13-5-4-6-15(18)11-13/h4-6,11,14,16,20H,7-10,12,18H2,1-3H3. The van der Waals surface area contributed by atoms with Gasteiger partial charge in [0.15, 0.2) is 0 Å². The molecule has 3 heteroatoms. The van der Waals surface area contributed by atoms with Crippen molar-refractivity contribution in [2.75, 3.05) is 25.4 Å². The quantitative estimate of drug-likeness (QED) is 0.834. The number of nitrogens with two attached hydrogens (primary N) is 1. The highest BCUT2D eigenvalue weighted by atomic mass is 16.3. The third-order valence-corrected chi connectivity index (χ3v) is 4.54. The third-order valence-electron chi connectivity index (χ3n) is 4.54. The number of aliphatic hydroxyl groups is 1. The van der Waals surface area contributed by atoms with Gasteiger partial charge in [0.1, 0.15) is 0 Å². The number of piperidine rings is 1. The number of likely N-dealkylation sites (tertiary alicyclic amines) is 1. The first-order chi connectivity index (χ1) is 9.36. The minimum Gasteiger partial charge on any atom is -0.399 e. The molecule has 0 amide bonds. The fourth-order valence-corrected chi connectivity index (χ4v) is 3.10. The number of hydrogen-bond acceptors (Lipinski definition) is 3. The van der Waals surface area contributed by atoms with E-state index < -0.39 is 6.10 Å². The lowest BCUT2D eigenvalue weighted by atomic mass is 9.75. The Bertz CT molecular complexity index is 431. The molecule has 0 saturated carbocycles. The van der Waals surface area contributed by atoms with Gasteiger partial charge in [0, 0.05) is 12.2 Å². The average Bonchev–Trinajstić information content (AvgIpc) is 2.38. The first-order valence-corrected chi connectivity index (χ1v) is 7.62. The molecule has 1 atom stereocenters. The lowest BCUT2D eigenvalue weighted by Crippen LogP contribution is -2.39. The fourth-order valence-electron chi connectivity index (χ4n) is 3.10. The summed E-state index contributed by atoms with van der Waals surface area (Å²) in [4.78, 5) is 2.37. The highest BCUT2D eigenvalue weighted by Gasteiger charge is 2.29. The van der Waals surface area contributed by atoms with E-state index in [-0.39, 0.29) is 0 Å². The van der Waals surface area contributed by atoms with Crippen LogP contribution in [0.1, 0.15) is 45.3 Å². The Morgan fingerprint density at radius 1 is 1.30 bits per heavy atom. The Hall–Kier alpha value is -1.06. The van der Waals surface area contributed by atoms with Crippen LogP contribution in [0, 0.1) is 11.3 Å². The topological polar surface area (TPSA) is 49.5 Å². The zero-order chi connectivity index (χ0) is 14.8. The summed E-state index contributed by atoms with van der Waals surface area (Å²) >= 11 is 0. The smallest absolute Gasteiger partial charge is 0.0917 e. The van der Waals surface area contributed by atoms with Gasteiger partial charge in [0.05, 0.1) is 6.10 Å². The molecule has 1 aromatic rings. The van der Waals surface area contributed by atoms with Gasteiger partial charge in [-0.25, -0.2) is 0 Å². The normalized spacial score (nSPS) is 20.0. The van der Waals surface area contributed by atoms with Gasteiger partial charge in [-0.05, 0) is 55.0 Å². The van der Waals surface area contributed by atoms with Crippen LogP contribution in [0.5, 0.6) is 0 Å². The molecular weight excluding hydrogens is 248 g/mol. The third kappa shape index (κ3) is 3.97. The second-order valence-corrected chi connectivity index (χ2v) is 7.13. The van der Waals surface area contributed by atoms with Crippen molar-refractivity contribution in [1.29, 1.82) is 0 Å². The van der Waals surface area contributed by atoms with Crippen LogP contribution in [0.3, 0.4) is 0 Å². The molecule has 112 valence electrons. The summed E-state index contributed by atoms with van der Waals surface area (Å²) in [6, 6.07) is 7.57. The van der Waals surface area contributed by atoms with E-state index in [4.69, 9.17) is 5.73 Å². The van der Waals surface area contributed by atoms with Crippen molar-refractivity contribution < 1.29 is 5.11 Å². The van der Waals surface area contributed by atoms with Crippen molar-refractivity contribution in [3.63, 3.8) is 0 Å². The van der Waals surface area contributed by atoms with E-state index in [2.05, 4.69) is 25.7 Å². The molecule has 0 bridgehead atoms. The maximum atomic E-state index is 10.3. The van der Waals surface area contributed by atoms with E-state index >= 15 is 0 Å². The van der Waals surface area contributed by atoms with Gasteiger partial charge in [0.2, 0.25) is 0 Å². The van der Waals surface area contributed by atoms with Gasteiger partial charge in [-0.3, -0.25) is 0 Å². The van der Waals surface area contributed by atoms with Crippen LogP contribution in [-0.4, -0.2) is 29.6 Å². The first kappa shape index (κ1) is 15.3. The predicted molar refractivity (Wildman–Crippen MR) is 84.4 cm³/mol. The van der Waals surface area contributed by atoms with Crippen molar-refractivity contribution >= 4 is 5.69 Å². The van der Waals surface area contributed by atoms with Gasteiger partial charge in [-0.2, -0.15) is 0 Å². The van der Waals surface area contributed by atoms with Crippen LogP contribution in [0.2, 0.25) is 0 Å². The summed E-state index contributed by atoms with van der Waals surface area (Å²) in [6.07, 6.45) is 2.02. The molecule has 20 heavy (non-hydrogen) atoms. The molecule has 1 saturated heterocycles. The predicted octanol–water partition coefficient (Wildman–Crippen LogP) is 3.06. The van der Waals surface area contributed by atoms with Gasteiger partial charge in [-0.1, -0.05) is 32.9 Å². The summed E-state index contributed by atoms with van der Waals surface area (Å²) < 4.78 is 0. The Morgan fingerprint density at radius 3 is 2.50 bits per heavy atom. The molecular formula is C17H28N2O. The van der Waals surface area contributed by atoms with E-state index in [1.54, 1.807) is 0 Å². The highest BCUT2D eigenvalue weighted by molar-refractivity contribution is 5.41. The molecule has 1 aliphatic heterocycles. The fraction of sp³-hybridized carbons (Fsp3) is 0.647. The summed E-state index contributed by atoms with van der Waals surface area (Å²) in [5.41, 5.74) is 7.81. The molecule has 3 N–H and O–H groups in total. The van der Waals surface area contributed by atoms with Gasteiger partial charge < -0.3 is 15.7 Å². The molecule has 1 unspecified atom stereocenters. The van der Waals surface area contributed by atoms with Crippen LogP contribution in [0.15, 0.2) is 24.3 Å². The van der Waals surface area contributed by atoms with Crippen molar-refractivity contribution in [2.45, 2.75) is 39.7 Å². The number of hydrogen-bond donors (Lipinski definition) is 2. The minimum atomic E-state index is -0.440. The second-order valence-electron chi connectivity index (χ2n) is 7.13. The van der Waals surface area contributed by atoms with Crippen molar-refractivity contribution in [3.05, 3.63) is 29.8 Å². The minimum absolute atomic E-state index is 0.401.